The van der Waals surface area contributed by atoms with Crippen LogP contribution in [0.15, 0.2) is 78.9 Å². The van der Waals surface area contributed by atoms with E-state index >= 15 is 0 Å². The van der Waals surface area contributed by atoms with Crippen molar-refractivity contribution in [3.63, 3.8) is 0 Å². The van der Waals surface area contributed by atoms with Crippen molar-refractivity contribution in [3.05, 3.63) is 95.0 Å². The zero-order chi connectivity index (χ0) is 17.4. The third-order valence-corrected chi connectivity index (χ3v) is 5.37. The maximum absolute atomic E-state index is 6.09. The summed E-state index contributed by atoms with van der Waals surface area (Å²) in [6, 6.07) is 27.4. The van der Waals surface area contributed by atoms with Crippen LogP contribution in [0, 0.1) is 0 Å². The molecule has 2 nitrogen and oxygen atoms in total. The molecule has 0 saturated carbocycles. The lowest BCUT2D eigenvalue weighted by Crippen LogP contribution is -2.11. The van der Waals surface area contributed by atoms with Gasteiger partial charge < -0.3 is 9.64 Å². The van der Waals surface area contributed by atoms with Crippen LogP contribution >= 0.6 is 11.6 Å². The van der Waals surface area contributed by atoms with Gasteiger partial charge in [-0.3, -0.25) is 0 Å². The predicted octanol–water partition coefficient (Wildman–Crippen LogP) is 5.83. The molecule has 1 heterocycles. The molecule has 0 bridgehead atoms. The molecular formula is C22H20ClNO. The highest BCUT2D eigenvalue weighted by Crippen LogP contribution is 2.61. The first-order valence-corrected chi connectivity index (χ1v) is 8.77. The molecule has 0 unspecified atom stereocenters. The van der Waals surface area contributed by atoms with Crippen LogP contribution in [0.25, 0.3) is 0 Å². The maximum atomic E-state index is 6.09. The van der Waals surface area contributed by atoms with Crippen molar-refractivity contribution in [1.29, 1.82) is 0 Å². The Balaban J connectivity index is 1.77. The Kier molecular flexibility index (Phi) is 3.93. The molecule has 1 saturated heterocycles. The molecule has 0 aromatic heterocycles. The molecule has 0 amide bonds. The number of methoxy groups -OCH3 is 1. The smallest absolute Gasteiger partial charge is 0.119 e. The quantitative estimate of drug-likeness (QED) is 0.550. The van der Waals surface area contributed by atoms with Gasteiger partial charge in [-0.2, -0.15) is 0 Å². The lowest BCUT2D eigenvalue weighted by molar-refractivity contribution is 0.415. The van der Waals surface area contributed by atoms with Crippen molar-refractivity contribution < 1.29 is 4.74 Å². The van der Waals surface area contributed by atoms with Gasteiger partial charge in [0.15, 0.2) is 0 Å². The number of nitrogens with zero attached hydrogens (tertiary/aromatic N) is 1. The van der Waals surface area contributed by atoms with Crippen LogP contribution in [-0.2, 0) is 5.54 Å². The van der Waals surface area contributed by atoms with Crippen molar-refractivity contribution in [3.8, 4) is 5.75 Å². The Morgan fingerprint density at radius 1 is 0.880 bits per heavy atom. The lowest BCUT2D eigenvalue weighted by Gasteiger charge is -2.14. The lowest BCUT2D eigenvalue weighted by atomic mass is 9.93. The van der Waals surface area contributed by atoms with Crippen LogP contribution in [0.5, 0.6) is 5.75 Å². The SMILES string of the molecule is COc1ccc(N2[C@H](c3ccccc3)[C@@]2(C)c2ccc(Cl)cc2)cc1. The zero-order valence-electron chi connectivity index (χ0n) is 14.3. The summed E-state index contributed by atoms with van der Waals surface area (Å²) in [5.74, 6) is 0.870. The van der Waals surface area contributed by atoms with E-state index in [4.69, 9.17) is 16.3 Å². The van der Waals surface area contributed by atoms with Crippen LogP contribution in [0.1, 0.15) is 24.1 Å². The second kappa shape index (κ2) is 6.12. The van der Waals surface area contributed by atoms with Gasteiger partial charge in [-0.25, -0.2) is 0 Å². The van der Waals surface area contributed by atoms with E-state index in [2.05, 4.69) is 66.4 Å². The summed E-state index contributed by atoms with van der Waals surface area (Å²) in [7, 11) is 1.69. The van der Waals surface area contributed by atoms with E-state index in [1.807, 2.05) is 24.3 Å². The number of halogens is 1. The molecule has 0 spiro atoms. The first kappa shape index (κ1) is 16.0. The molecule has 25 heavy (non-hydrogen) atoms. The van der Waals surface area contributed by atoms with Crippen LogP contribution in [0.3, 0.4) is 0 Å². The molecule has 1 aliphatic rings. The Bertz CT molecular complexity index is 861. The normalized spacial score (nSPS) is 21.9. The number of ether oxygens (including phenoxy) is 1. The van der Waals surface area contributed by atoms with Gasteiger partial charge in [0.2, 0.25) is 0 Å². The minimum Gasteiger partial charge on any atom is -0.497 e. The Morgan fingerprint density at radius 3 is 2.12 bits per heavy atom. The van der Waals surface area contributed by atoms with Crippen molar-refractivity contribution in [2.45, 2.75) is 18.5 Å². The van der Waals surface area contributed by atoms with E-state index in [-0.39, 0.29) is 5.54 Å². The average molecular weight is 350 g/mol. The van der Waals surface area contributed by atoms with E-state index in [0.29, 0.717) is 6.04 Å². The summed E-state index contributed by atoms with van der Waals surface area (Å²) < 4.78 is 5.30. The van der Waals surface area contributed by atoms with Gasteiger partial charge >= 0.3 is 0 Å². The van der Waals surface area contributed by atoms with E-state index in [1.54, 1.807) is 7.11 Å². The van der Waals surface area contributed by atoms with Crippen LogP contribution < -0.4 is 9.64 Å². The van der Waals surface area contributed by atoms with Gasteiger partial charge in [-0.15, -0.1) is 0 Å². The summed E-state index contributed by atoms with van der Waals surface area (Å²) in [5.41, 5.74) is 3.67. The van der Waals surface area contributed by atoms with E-state index in [1.165, 1.54) is 16.8 Å². The van der Waals surface area contributed by atoms with Gasteiger partial charge in [-0.1, -0.05) is 54.1 Å². The minimum atomic E-state index is -0.0967. The molecule has 3 aromatic carbocycles. The van der Waals surface area contributed by atoms with Crippen molar-refractivity contribution in [2.24, 2.45) is 0 Å². The number of anilines is 1. The second-order valence-electron chi connectivity index (χ2n) is 6.54. The molecule has 0 radical (unpaired) electrons. The zero-order valence-corrected chi connectivity index (χ0v) is 15.1. The largest absolute Gasteiger partial charge is 0.497 e. The van der Waals surface area contributed by atoms with Crippen molar-refractivity contribution >= 4 is 17.3 Å². The molecule has 0 aliphatic carbocycles. The van der Waals surface area contributed by atoms with Crippen LogP contribution in [0.4, 0.5) is 5.69 Å². The molecule has 3 heteroatoms. The Labute approximate surface area is 153 Å². The van der Waals surface area contributed by atoms with E-state index < -0.39 is 0 Å². The fourth-order valence-corrected chi connectivity index (χ4v) is 3.87. The van der Waals surface area contributed by atoms with Gasteiger partial charge in [-0.05, 0) is 54.4 Å². The summed E-state index contributed by atoms with van der Waals surface area (Å²) in [6.45, 7) is 2.29. The molecule has 1 aliphatic heterocycles. The second-order valence-corrected chi connectivity index (χ2v) is 6.97. The average Bonchev–Trinajstić information content (AvgIpc) is 3.30. The predicted molar refractivity (Wildman–Crippen MR) is 103 cm³/mol. The van der Waals surface area contributed by atoms with Gasteiger partial charge in [0.25, 0.3) is 0 Å². The van der Waals surface area contributed by atoms with Crippen LogP contribution in [0.2, 0.25) is 5.02 Å². The maximum Gasteiger partial charge on any atom is 0.119 e. The summed E-state index contributed by atoms with van der Waals surface area (Å²) in [4.78, 5) is 2.45. The fourth-order valence-electron chi connectivity index (χ4n) is 3.74. The van der Waals surface area contributed by atoms with Crippen molar-refractivity contribution in [1.82, 2.24) is 0 Å². The van der Waals surface area contributed by atoms with Crippen LogP contribution in [-0.4, -0.2) is 7.11 Å². The number of hydrogen-bond donors (Lipinski definition) is 0. The highest BCUT2D eigenvalue weighted by molar-refractivity contribution is 6.30. The fraction of sp³-hybridized carbons (Fsp3) is 0.182. The Hall–Kier alpha value is -2.45. The monoisotopic (exact) mass is 349 g/mol. The first-order valence-electron chi connectivity index (χ1n) is 8.39. The number of benzene rings is 3. The molecule has 126 valence electrons. The summed E-state index contributed by atoms with van der Waals surface area (Å²) in [6.07, 6.45) is 0. The van der Waals surface area contributed by atoms with E-state index in [0.717, 1.165) is 10.8 Å². The molecule has 2 atom stereocenters. The van der Waals surface area contributed by atoms with Gasteiger partial charge in [0, 0.05) is 10.7 Å². The third kappa shape index (κ3) is 2.67. The minimum absolute atomic E-state index is 0.0967. The highest BCUT2D eigenvalue weighted by atomic mass is 35.5. The Morgan fingerprint density at radius 2 is 1.52 bits per heavy atom. The topological polar surface area (TPSA) is 12.2 Å². The van der Waals surface area contributed by atoms with E-state index in [9.17, 15) is 0 Å². The molecular weight excluding hydrogens is 330 g/mol. The molecule has 3 aromatic rings. The molecule has 0 N–H and O–H groups in total. The van der Waals surface area contributed by atoms with Crippen molar-refractivity contribution in [2.75, 3.05) is 12.0 Å². The standard InChI is InChI=1S/C22H20ClNO/c1-22(17-8-10-18(23)11-9-17)21(16-6-4-3-5-7-16)24(22)19-12-14-20(25-2)15-13-19/h3-15,21H,1-2H3/t21-,22-,24?/m1/s1. The number of rotatable bonds is 4. The molecule has 4 rings (SSSR count). The van der Waals surface area contributed by atoms with Gasteiger partial charge in [0.05, 0.1) is 18.7 Å². The number of hydrogen-bond acceptors (Lipinski definition) is 2. The first-order chi connectivity index (χ1) is 12.1. The third-order valence-electron chi connectivity index (χ3n) is 5.12. The van der Waals surface area contributed by atoms with Gasteiger partial charge in [0.1, 0.15) is 5.75 Å². The molecule has 1 fully saturated rings. The summed E-state index contributed by atoms with van der Waals surface area (Å²) in [5, 5.41) is 0.764. The summed E-state index contributed by atoms with van der Waals surface area (Å²) >= 11 is 6.09. The highest BCUT2D eigenvalue weighted by Gasteiger charge is 2.60.